The van der Waals surface area contributed by atoms with Crippen LogP contribution in [0, 0.1) is 0 Å². The molecule has 0 N–H and O–H groups in total. The number of rotatable bonds is 6. The van der Waals surface area contributed by atoms with Gasteiger partial charge in [-0.2, -0.15) is 0 Å². The van der Waals surface area contributed by atoms with Crippen molar-refractivity contribution in [2.24, 2.45) is 4.99 Å². The van der Waals surface area contributed by atoms with E-state index in [4.69, 9.17) is 9.47 Å². The summed E-state index contributed by atoms with van der Waals surface area (Å²) in [6, 6.07) is 5.27. The SMILES string of the molecule is CCOc1cccc(C=NCCN2CCOCC2)c1[O-].[O-2].[O-2].[V]. The molecule has 8 heteroatoms. The summed E-state index contributed by atoms with van der Waals surface area (Å²) in [7, 11) is 0. The Balaban J connectivity index is 0. The zero-order chi connectivity index (χ0) is 14.2. The van der Waals surface area contributed by atoms with Crippen LogP contribution in [-0.2, 0) is 34.2 Å². The molecule has 2 rings (SSSR count). The maximum Gasteiger partial charge on any atom is 0.112 e. The van der Waals surface area contributed by atoms with E-state index >= 15 is 0 Å². The number of ether oxygens (including phenoxy) is 2. The van der Waals surface area contributed by atoms with Crippen molar-refractivity contribution in [2.45, 2.75) is 6.92 Å². The van der Waals surface area contributed by atoms with Crippen LogP contribution in [0.1, 0.15) is 12.5 Å². The summed E-state index contributed by atoms with van der Waals surface area (Å²) in [5, 5.41) is 12.0. The second-order valence-corrected chi connectivity index (χ2v) is 4.60. The molecule has 1 saturated heterocycles. The van der Waals surface area contributed by atoms with Gasteiger partial charge in [-0.25, -0.2) is 0 Å². The monoisotopic (exact) mass is 360 g/mol. The molecule has 0 unspecified atom stereocenters. The van der Waals surface area contributed by atoms with E-state index in [9.17, 15) is 5.11 Å². The summed E-state index contributed by atoms with van der Waals surface area (Å²) in [6.07, 6.45) is 1.64. The Labute approximate surface area is 148 Å². The van der Waals surface area contributed by atoms with E-state index < -0.39 is 0 Å². The number of aliphatic imine (C=N–C) groups is 1. The molecule has 0 amide bonds. The molecular weight excluding hydrogens is 339 g/mol. The van der Waals surface area contributed by atoms with Crippen molar-refractivity contribution < 1.29 is 44.1 Å². The first-order valence-electron chi connectivity index (χ1n) is 7.04. The largest absolute Gasteiger partial charge is 2.00 e. The van der Waals surface area contributed by atoms with Crippen molar-refractivity contribution in [2.75, 3.05) is 46.0 Å². The smallest absolute Gasteiger partial charge is 0.112 e. The third-order valence-electron chi connectivity index (χ3n) is 3.19. The van der Waals surface area contributed by atoms with Gasteiger partial charge in [0.2, 0.25) is 0 Å². The fourth-order valence-corrected chi connectivity index (χ4v) is 2.09. The second-order valence-electron chi connectivity index (χ2n) is 4.60. The maximum absolute atomic E-state index is 12.0. The normalized spacial score (nSPS) is 14.5. The molecule has 1 aromatic carbocycles. The minimum absolute atomic E-state index is 0. The van der Waals surface area contributed by atoms with Crippen LogP contribution in [0.25, 0.3) is 0 Å². The number of hydrogen-bond acceptors (Lipinski definition) is 5. The molecule has 0 saturated carbocycles. The van der Waals surface area contributed by atoms with Gasteiger partial charge in [-0.15, -0.1) is 0 Å². The van der Waals surface area contributed by atoms with Gasteiger partial charge in [-0.1, -0.05) is 17.9 Å². The van der Waals surface area contributed by atoms with Crippen LogP contribution in [0.2, 0.25) is 0 Å². The first kappa shape index (κ1) is 24.2. The molecule has 1 aliphatic heterocycles. The summed E-state index contributed by atoms with van der Waals surface area (Å²) >= 11 is 0. The first-order valence-corrected chi connectivity index (χ1v) is 7.04. The van der Waals surface area contributed by atoms with Crippen molar-refractivity contribution in [1.82, 2.24) is 4.90 Å². The fraction of sp³-hybridized carbons (Fsp3) is 0.533. The van der Waals surface area contributed by atoms with Crippen molar-refractivity contribution >= 4 is 6.21 Å². The number of morpholine rings is 1. The molecule has 1 fully saturated rings. The van der Waals surface area contributed by atoms with Crippen molar-refractivity contribution in [1.29, 1.82) is 0 Å². The van der Waals surface area contributed by atoms with Gasteiger partial charge < -0.3 is 25.5 Å². The Morgan fingerprint density at radius 2 is 2.00 bits per heavy atom. The van der Waals surface area contributed by atoms with Crippen molar-refractivity contribution in [3.63, 3.8) is 0 Å². The van der Waals surface area contributed by atoms with Gasteiger partial charge in [0, 0.05) is 44.4 Å². The van der Waals surface area contributed by atoms with E-state index in [1.165, 1.54) is 0 Å². The van der Waals surface area contributed by atoms with Gasteiger partial charge >= 0.3 is 0 Å². The predicted octanol–water partition coefficient (Wildman–Crippen LogP) is 0.670. The van der Waals surface area contributed by atoms with Gasteiger partial charge in [0.25, 0.3) is 0 Å². The predicted molar refractivity (Wildman–Crippen MR) is 78.2 cm³/mol. The summed E-state index contributed by atoms with van der Waals surface area (Å²) in [5.41, 5.74) is 0.581. The van der Waals surface area contributed by atoms with Gasteiger partial charge in [0.05, 0.1) is 26.4 Å². The zero-order valence-corrected chi connectivity index (χ0v) is 14.5. The molecule has 0 bridgehead atoms. The maximum atomic E-state index is 12.0. The van der Waals surface area contributed by atoms with Crippen LogP contribution >= 0.6 is 0 Å². The van der Waals surface area contributed by atoms with E-state index in [-0.39, 0.29) is 35.3 Å². The van der Waals surface area contributed by atoms with E-state index in [1.54, 1.807) is 18.3 Å². The van der Waals surface area contributed by atoms with Gasteiger partial charge in [-0.3, -0.25) is 9.89 Å². The quantitative estimate of drug-likeness (QED) is 0.694. The first-order chi connectivity index (χ1) is 9.81. The standard InChI is InChI=1S/C15H22N2O3.2O.V/c1-2-20-14-5-3-4-13(15(14)18)12-16-6-7-17-8-10-19-11-9-17;;;/h3-5,12,18H,2,6-11H2,1H3;;;/q;2*-2;/p-1. The third-order valence-corrected chi connectivity index (χ3v) is 3.19. The number of para-hydroxylation sites is 1. The third kappa shape index (κ3) is 7.83. The molecule has 0 atom stereocenters. The van der Waals surface area contributed by atoms with E-state index in [0.29, 0.717) is 24.5 Å². The molecule has 0 aromatic heterocycles. The molecule has 131 valence electrons. The topological polar surface area (TPSA) is 114 Å². The van der Waals surface area contributed by atoms with Crippen LogP contribution in [-0.4, -0.2) is 57.1 Å². The average molecular weight is 360 g/mol. The van der Waals surface area contributed by atoms with Crippen LogP contribution in [0.3, 0.4) is 0 Å². The second kappa shape index (κ2) is 13.4. The summed E-state index contributed by atoms with van der Waals surface area (Å²) in [5.74, 6) is 0.300. The van der Waals surface area contributed by atoms with Crippen molar-refractivity contribution in [3.8, 4) is 11.5 Å². The molecule has 1 radical (unpaired) electrons. The van der Waals surface area contributed by atoms with Crippen LogP contribution in [0.4, 0.5) is 0 Å². The van der Waals surface area contributed by atoms with E-state index in [1.807, 2.05) is 13.0 Å². The van der Waals surface area contributed by atoms with Crippen molar-refractivity contribution in [3.05, 3.63) is 23.8 Å². The molecular formula is C15H21N2O5V-5. The molecule has 7 nitrogen and oxygen atoms in total. The molecule has 1 heterocycles. The Kier molecular flexibility index (Phi) is 14.0. The Morgan fingerprint density at radius 3 is 2.65 bits per heavy atom. The van der Waals surface area contributed by atoms with E-state index in [2.05, 4.69) is 9.89 Å². The van der Waals surface area contributed by atoms with E-state index in [0.717, 1.165) is 32.8 Å². The number of nitrogens with zero attached hydrogens (tertiary/aromatic N) is 2. The molecule has 0 spiro atoms. The molecule has 1 aliphatic rings. The van der Waals surface area contributed by atoms with Gasteiger partial charge in [0.15, 0.2) is 0 Å². The Bertz CT molecular complexity index is 453. The fourth-order valence-electron chi connectivity index (χ4n) is 2.09. The summed E-state index contributed by atoms with van der Waals surface area (Å²) < 4.78 is 10.6. The summed E-state index contributed by atoms with van der Waals surface area (Å²) in [4.78, 5) is 6.65. The average Bonchev–Trinajstić information content (AvgIpc) is 2.48. The minimum atomic E-state index is -0.0931. The molecule has 23 heavy (non-hydrogen) atoms. The van der Waals surface area contributed by atoms with Crippen LogP contribution in [0.5, 0.6) is 11.5 Å². The number of benzene rings is 1. The minimum Gasteiger partial charge on any atom is -2.00 e. The number of hydrogen-bond donors (Lipinski definition) is 0. The van der Waals surface area contributed by atoms with Crippen LogP contribution in [0.15, 0.2) is 23.2 Å². The summed E-state index contributed by atoms with van der Waals surface area (Å²) in [6.45, 7) is 7.47. The zero-order valence-electron chi connectivity index (χ0n) is 13.1. The van der Waals surface area contributed by atoms with Gasteiger partial charge in [0.1, 0.15) is 5.75 Å². The molecule has 1 aromatic rings. The van der Waals surface area contributed by atoms with Crippen LogP contribution < -0.4 is 9.84 Å². The van der Waals surface area contributed by atoms with Gasteiger partial charge in [-0.05, 0) is 18.6 Å². The Hall–Kier alpha value is -1.09. The molecule has 0 aliphatic carbocycles. The Morgan fingerprint density at radius 1 is 1.30 bits per heavy atom.